The number of aliphatic hydroxyl groups excluding tert-OH is 1. The molecule has 1 saturated carbocycles. The summed E-state index contributed by atoms with van der Waals surface area (Å²) in [4.78, 5) is 25.9. The van der Waals surface area contributed by atoms with Gasteiger partial charge in [-0.1, -0.05) is 57.2 Å². The summed E-state index contributed by atoms with van der Waals surface area (Å²) in [7, 11) is 0. The van der Waals surface area contributed by atoms with E-state index in [4.69, 9.17) is 14.6 Å². The summed E-state index contributed by atoms with van der Waals surface area (Å²) in [6.45, 7) is 9.19. The molecule has 0 spiro atoms. The van der Waals surface area contributed by atoms with Gasteiger partial charge in [-0.05, 0) is 66.2 Å². The molecule has 5 rings (SSSR count). The van der Waals surface area contributed by atoms with E-state index in [0.717, 1.165) is 36.2 Å². The van der Waals surface area contributed by atoms with E-state index in [0.29, 0.717) is 35.4 Å². The molecule has 1 aliphatic carbocycles. The van der Waals surface area contributed by atoms with Gasteiger partial charge in [-0.25, -0.2) is 0 Å². The molecule has 2 bridgehead atoms. The van der Waals surface area contributed by atoms with E-state index < -0.39 is 12.3 Å². The molecule has 0 aromatic heterocycles. The molecule has 3 aliphatic rings. The van der Waals surface area contributed by atoms with Gasteiger partial charge < -0.3 is 25.0 Å². The van der Waals surface area contributed by atoms with Crippen LogP contribution < -0.4 is 5.32 Å². The number of rotatable bonds is 11. The predicted octanol–water partition coefficient (Wildman–Crippen LogP) is 6.21. The minimum Gasteiger partial charge on any atom is -0.481 e. The molecule has 2 unspecified atom stereocenters. The Labute approximate surface area is 249 Å². The van der Waals surface area contributed by atoms with Crippen molar-refractivity contribution in [2.45, 2.75) is 103 Å². The first kappa shape index (κ1) is 30.7. The van der Waals surface area contributed by atoms with Crippen LogP contribution in [0.15, 0.2) is 48.5 Å². The topological polar surface area (TPSA) is 108 Å². The van der Waals surface area contributed by atoms with Gasteiger partial charge in [0.15, 0.2) is 6.29 Å². The molecule has 0 radical (unpaired) electrons. The number of fused-ring (bicyclic) bond motifs is 2. The van der Waals surface area contributed by atoms with Crippen molar-refractivity contribution in [3.05, 3.63) is 65.2 Å². The van der Waals surface area contributed by atoms with E-state index >= 15 is 0 Å². The molecular weight excluding hydrogens is 532 g/mol. The summed E-state index contributed by atoms with van der Waals surface area (Å²) in [6.07, 6.45) is 5.01. The molecule has 2 aromatic carbocycles. The number of carboxylic acid groups (broad SMARTS) is 1. The molecule has 42 heavy (non-hydrogen) atoms. The Morgan fingerprint density at radius 3 is 2.50 bits per heavy atom. The van der Waals surface area contributed by atoms with Crippen molar-refractivity contribution in [3.8, 4) is 0 Å². The lowest BCUT2D eigenvalue weighted by molar-refractivity contribution is -0.253. The van der Waals surface area contributed by atoms with Crippen LogP contribution in [0.5, 0.6) is 0 Å². The van der Waals surface area contributed by atoms with Crippen LogP contribution in [0.3, 0.4) is 0 Å². The molecule has 2 aromatic rings. The second-order valence-corrected chi connectivity index (χ2v) is 13.8. The van der Waals surface area contributed by atoms with Gasteiger partial charge in [0.1, 0.15) is 0 Å². The Kier molecular flexibility index (Phi) is 9.38. The van der Waals surface area contributed by atoms with Crippen LogP contribution in [0.2, 0.25) is 0 Å². The summed E-state index contributed by atoms with van der Waals surface area (Å²) in [5, 5.41) is 21.3. The Balaban J connectivity index is 1.30. The fourth-order valence-corrected chi connectivity index (χ4v) is 7.63. The molecule has 228 valence electrons. The SMILES string of the molecule is CC1(C)CC2CC(C)(CN2C[C@H]2C[C@@H](c3ccc(CO)cc3)O[C@@H](c3cccc(NC(=O)CCCCC(=O)O)c3)O2)C1. The third-order valence-corrected chi connectivity index (χ3v) is 9.06. The zero-order chi connectivity index (χ0) is 29.9. The lowest BCUT2D eigenvalue weighted by atomic mass is 9.65. The molecule has 8 nitrogen and oxygen atoms in total. The summed E-state index contributed by atoms with van der Waals surface area (Å²) in [6, 6.07) is 16.1. The third kappa shape index (κ3) is 7.78. The number of hydrogen-bond donors (Lipinski definition) is 3. The molecule has 2 heterocycles. The number of hydrogen-bond acceptors (Lipinski definition) is 6. The van der Waals surface area contributed by atoms with Crippen LogP contribution in [-0.2, 0) is 25.7 Å². The number of nitrogens with one attached hydrogen (secondary N) is 1. The van der Waals surface area contributed by atoms with Crippen LogP contribution in [0.25, 0.3) is 0 Å². The largest absolute Gasteiger partial charge is 0.481 e. The van der Waals surface area contributed by atoms with E-state index in [1.165, 1.54) is 19.3 Å². The Morgan fingerprint density at radius 1 is 1.00 bits per heavy atom. The van der Waals surface area contributed by atoms with Crippen LogP contribution in [0.4, 0.5) is 5.69 Å². The normalized spacial score (nSPS) is 28.9. The number of anilines is 1. The first-order chi connectivity index (χ1) is 20.0. The number of carboxylic acids is 1. The lowest BCUT2D eigenvalue weighted by Crippen LogP contribution is -2.42. The second-order valence-electron chi connectivity index (χ2n) is 13.8. The highest BCUT2D eigenvalue weighted by Gasteiger charge is 2.50. The zero-order valence-electron chi connectivity index (χ0n) is 25.2. The van der Waals surface area contributed by atoms with E-state index in [9.17, 15) is 14.7 Å². The number of ether oxygens (including phenoxy) is 2. The van der Waals surface area contributed by atoms with Gasteiger partial charge >= 0.3 is 5.97 Å². The highest BCUT2D eigenvalue weighted by molar-refractivity contribution is 5.90. The minimum atomic E-state index is -0.845. The van der Waals surface area contributed by atoms with Gasteiger partial charge in [0, 0.05) is 49.6 Å². The number of unbranched alkanes of at least 4 members (excludes halogenated alkanes) is 1. The van der Waals surface area contributed by atoms with Gasteiger partial charge in [-0.3, -0.25) is 14.5 Å². The highest BCUT2D eigenvalue weighted by Crippen LogP contribution is 2.53. The van der Waals surface area contributed by atoms with Crippen molar-refractivity contribution in [1.29, 1.82) is 0 Å². The van der Waals surface area contributed by atoms with Crippen LogP contribution >= 0.6 is 0 Å². The van der Waals surface area contributed by atoms with Crippen LogP contribution in [0, 0.1) is 10.8 Å². The van der Waals surface area contributed by atoms with Crippen molar-refractivity contribution in [2.75, 3.05) is 18.4 Å². The number of amides is 1. The lowest BCUT2D eigenvalue weighted by Gasteiger charge is -2.41. The minimum absolute atomic E-state index is 0.00367. The number of likely N-dealkylation sites (tertiary alicyclic amines) is 1. The molecule has 3 N–H and O–H groups in total. The van der Waals surface area contributed by atoms with Crippen molar-refractivity contribution in [3.63, 3.8) is 0 Å². The first-order valence-corrected chi connectivity index (χ1v) is 15.4. The first-order valence-electron chi connectivity index (χ1n) is 15.4. The summed E-state index contributed by atoms with van der Waals surface area (Å²) < 4.78 is 13.2. The fraction of sp³-hybridized carbons (Fsp3) is 0.588. The van der Waals surface area contributed by atoms with Gasteiger partial charge in [-0.15, -0.1) is 0 Å². The van der Waals surface area contributed by atoms with Gasteiger partial charge in [0.25, 0.3) is 0 Å². The molecular formula is C34H46N2O6. The monoisotopic (exact) mass is 578 g/mol. The van der Waals surface area contributed by atoms with Crippen molar-refractivity contribution in [2.24, 2.45) is 10.8 Å². The summed E-state index contributed by atoms with van der Waals surface area (Å²) in [5.74, 6) is -0.985. The Morgan fingerprint density at radius 2 is 1.76 bits per heavy atom. The van der Waals surface area contributed by atoms with Gasteiger partial charge in [0.2, 0.25) is 5.91 Å². The second kappa shape index (κ2) is 12.8. The number of nitrogens with zero attached hydrogens (tertiary/aromatic N) is 1. The standard InChI is InChI=1S/C34H46N2O6/c1-33(2)17-27-18-34(3,21-33)22-36(27)19-28-16-29(24-13-11-23(20-37)12-14-24)42-32(41-28)25-7-6-8-26(15-25)35-30(38)9-4-5-10-31(39)40/h6-8,11-15,27-29,32,37H,4-5,9-10,16-22H2,1-3H3,(H,35,38)(H,39,40)/t27?,28-,29+,32+,34?/m1/s1. The quantitative estimate of drug-likeness (QED) is 0.272. The maximum atomic E-state index is 12.5. The average molecular weight is 579 g/mol. The number of aliphatic carboxylic acids is 1. The van der Waals surface area contributed by atoms with Gasteiger partial charge in [-0.2, -0.15) is 0 Å². The van der Waals surface area contributed by atoms with E-state index in [-0.39, 0.29) is 37.6 Å². The highest BCUT2D eigenvalue weighted by atomic mass is 16.7. The van der Waals surface area contributed by atoms with E-state index in [2.05, 4.69) is 31.0 Å². The van der Waals surface area contributed by atoms with Crippen molar-refractivity contribution in [1.82, 2.24) is 4.90 Å². The zero-order valence-corrected chi connectivity index (χ0v) is 25.2. The van der Waals surface area contributed by atoms with E-state index in [1.54, 1.807) is 0 Å². The summed E-state index contributed by atoms with van der Waals surface area (Å²) in [5.41, 5.74) is 4.13. The number of carbonyl (C=O) groups is 2. The average Bonchev–Trinajstić information content (AvgIpc) is 3.18. The third-order valence-electron chi connectivity index (χ3n) is 9.06. The molecule has 2 aliphatic heterocycles. The molecule has 8 heteroatoms. The Hall–Kier alpha value is -2.78. The maximum Gasteiger partial charge on any atom is 0.303 e. The van der Waals surface area contributed by atoms with Crippen LogP contribution in [0.1, 0.15) is 101 Å². The molecule has 2 saturated heterocycles. The van der Waals surface area contributed by atoms with Crippen molar-refractivity contribution < 1.29 is 29.3 Å². The fourth-order valence-electron chi connectivity index (χ4n) is 7.63. The Bertz CT molecular complexity index is 1250. The molecule has 3 fully saturated rings. The molecule has 5 atom stereocenters. The van der Waals surface area contributed by atoms with Crippen molar-refractivity contribution >= 4 is 17.6 Å². The summed E-state index contributed by atoms with van der Waals surface area (Å²) >= 11 is 0. The van der Waals surface area contributed by atoms with Gasteiger partial charge in [0.05, 0.1) is 18.8 Å². The van der Waals surface area contributed by atoms with Crippen LogP contribution in [-0.4, -0.2) is 52.2 Å². The number of aliphatic hydroxyl groups is 1. The van der Waals surface area contributed by atoms with E-state index in [1.807, 2.05) is 48.5 Å². The maximum absolute atomic E-state index is 12.5. The smallest absolute Gasteiger partial charge is 0.303 e. The number of benzene rings is 2. The number of carbonyl (C=O) groups excluding carboxylic acids is 1. The molecule has 1 amide bonds. The predicted molar refractivity (Wildman–Crippen MR) is 161 cm³/mol.